The number of nitrogens with one attached hydrogen (secondary N) is 2. The molecule has 4 heterocycles. The number of aromatic nitrogens is 3. The predicted molar refractivity (Wildman–Crippen MR) is 83.0 cm³/mol. The first kappa shape index (κ1) is 13.2. The Balaban J connectivity index is 1.79. The van der Waals surface area contributed by atoms with E-state index in [-0.39, 0.29) is 0 Å². The van der Waals surface area contributed by atoms with Crippen molar-refractivity contribution in [3.05, 3.63) is 24.2 Å². The highest BCUT2D eigenvalue weighted by atomic mass is 15.3. The molecule has 2 aliphatic rings. The lowest BCUT2D eigenvalue weighted by molar-refractivity contribution is 0.300. The highest BCUT2D eigenvalue weighted by molar-refractivity contribution is 5.71. The minimum atomic E-state index is 0.345. The maximum atomic E-state index is 4.91. The van der Waals surface area contributed by atoms with Crippen molar-refractivity contribution in [1.29, 1.82) is 0 Å². The van der Waals surface area contributed by atoms with Gasteiger partial charge in [-0.2, -0.15) is 0 Å². The Kier molecular flexibility index (Phi) is 3.61. The average Bonchev–Trinajstić information content (AvgIpc) is 2.96. The quantitative estimate of drug-likeness (QED) is 0.890. The Morgan fingerprint density at radius 2 is 1.90 bits per heavy atom. The summed E-state index contributed by atoms with van der Waals surface area (Å²) in [5, 5.41) is 7.29. The minimum Gasteiger partial charge on any atom is -0.307 e. The number of rotatable bonds is 2. The van der Waals surface area contributed by atoms with Crippen LogP contribution in [-0.2, 0) is 0 Å². The van der Waals surface area contributed by atoms with Crippen LogP contribution in [0.25, 0.3) is 11.2 Å². The molecule has 0 radical (unpaired) electrons. The Bertz CT molecular complexity index is 608. The number of imidazole rings is 1. The van der Waals surface area contributed by atoms with Crippen LogP contribution in [0.1, 0.15) is 56.6 Å². The summed E-state index contributed by atoms with van der Waals surface area (Å²) in [5.74, 6) is 1.17. The lowest BCUT2D eigenvalue weighted by atomic mass is 10.0. The smallest absolute Gasteiger partial charge is 0.161 e. The van der Waals surface area contributed by atoms with E-state index in [9.17, 15) is 0 Å². The molecule has 2 aromatic heterocycles. The maximum absolute atomic E-state index is 4.91. The molecule has 2 unspecified atom stereocenters. The monoisotopic (exact) mass is 285 g/mol. The van der Waals surface area contributed by atoms with Crippen LogP contribution in [0.5, 0.6) is 0 Å². The molecule has 0 saturated carbocycles. The molecule has 2 N–H and O–H groups in total. The van der Waals surface area contributed by atoms with Crippen molar-refractivity contribution < 1.29 is 0 Å². The fourth-order valence-corrected chi connectivity index (χ4v) is 3.63. The van der Waals surface area contributed by atoms with Crippen molar-refractivity contribution in [2.75, 3.05) is 13.1 Å². The summed E-state index contributed by atoms with van der Waals surface area (Å²) in [7, 11) is 0. The molecule has 5 nitrogen and oxygen atoms in total. The van der Waals surface area contributed by atoms with Gasteiger partial charge in [-0.05, 0) is 57.3 Å². The molecule has 2 atom stereocenters. The van der Waals surface area contributed by atoms with Crippen LogP contribution in [0.3, 0.4) is 0 Å². The predicted octanol–water partition coefficient (Wildman–Crippen LogP) is 2.52. The summed E-state index contributed by atoms with van der Waals surface area (Å²) in [4.78, 5) is 9.51. The first-order chi connectivity index (χ1) is 10.4. The molecule has 2 aliphatic heterocycles. The van der Waals surface area contributed by atoms with E-state index in [1.54, 1.807) is 0 Å². The van der Waals surface area contributed by atoms with E-state index in [2.05, 4.69) is 26.3 Å². The Morgan fingerprint density at radius 3 is 2.67 bits per heavy atom. The normalized spacial score (nSPS) is 27.0. The molecule has 0 spiro atoms. The molecule has 2 aromatic rings. The van der Waals surface area contributed by atoms with Crippen LogP contribution >= 0.6 is 0 Å². The van der Waals surface area contributed by atoms with Gasteiger partial charge < -0.3 is 5.32 Å². The summed E-state index contributed by atoms with van der Waals surface area (Å²) < 4.78 is 2.36. The van der Waals surface area contributed by atoms with Crippen molar-refractivity contribution in [1.82, 2.24) is 25.2 Å². The van der Waals surface area contributed by atoms with Gasteiger partial charge in [-0.3, -0.25) is 9.88 Å². The first-order valence-electron chi connectivity index (χ1n) is 8.23. The van der Waals surface area contributed by atoms with Crippen molar-refractivity contribution >= 4 is 11.2 Å². The van der Waals surface area contributed by atoms with Gasteiger partial charge in [-0.25, -0.2) is 9.97 Å². The van der Waals surface area contributed by atoms with Gasteiger partial charge in [0.2, 0.25) is 0 Å². The Labute approximate surface area is 125 Å². The maximum Gasteiger partial charge on any atom is 0.161 e. The Hall–Kier alpha value is -1.46. The third-order valence-corrected chi connectivity index (χ3v) is 4.69. The van der Waals surface area contributed by atoms with Crippen molar-refractivity contribution in [2.24, 2.45) is 0 Å². The molecule has 0 aliphatic carbocycles. The van der Waals surface area contributed by atoms with E-state index < -0.39 is 0 Å². The van der Waals surface area contributed by atoms with Gasteiger partial charge in [-0.15, -0.1) is 0 Å². The number of nitrogens with zero attached hydrogens (tertiary/aromatic N) is 3. The molecule has 0 aromatic carbocycles. The average molecular weight is 285 g/mol. The van der Waals surface area contributed by atoms with Gasteiger partial charge in [0.15, 0.2) is 5.65 Å². The summed E-state index contributed by atoms with van der Waals surface area (Å²) in [6.07, 6.45) is 9.68. The number of pyridine rings is 1. The zero-order valence-corrected chi connectivity index (χ0v) is 12.4. The first-order valence-corrected chi connectivity index (χ1v) is 8.23. The summed E-state index contributed by atoms with van der Waals surface area (Å²) in [5.41, 5.74) is 2.05. The van der Waals surface area contributed by atoms with Gasteiger partial charge in [0.05, 0.1) is 12.2 Å². The van der Waals surface area contributed by atoms with Crippen LogP contribution in [0.15, 0.2) is 18.3 Å². The number of piperidine rings is 2. The van der Waals surface area contributed by atoms with Gasteiger partial charge in [0, 0.05) is 6.20 Å². The number of fused-ring (bicyclic) bond motifs is 1. The SMILES string of the molecule is c1cnc2c(c1)nc(C1CCCCN1)n2C1CCCCN1. The summed E-state index contributed by atoms with van der Waals surface area (Å²) in [6.45, 7) is 2.19. The lowest BCUT2D eigenvalue weighted by Crippen LogP contribution is -2.35. The number of hydrogen-bond acceptors (Lipinski definition) is 4. The van der Waals surface area contributed by atoms with E-state index in [0.29, 0.717) is 12.2 Å². The summed E-state index contributed by atoms with van der Waals surface area (Å²) >= 11 is 0. The molecule has 2 saturated heterocycles. The lowest BCUT2D eigenvalue weighted by Gasteiger charge is -2.30. The van der Waals surface area contributed by atoms with Crippen LogP contribution < -0.4 is 10.6 Å². The van der Waals surface area contributed by atoms with Gasteiger partial charge in [0.25, 0.3) is 0 Å². The molecule has 5 heteroatoms. The van der Waals surface area contributed by atoms with E-state index in [4.69, 9.17) is 4.98 Å². The molecule has 0 bridgehead atoms. The fraction of sp³-hybridized carbons (Fsp3) is 0.625. The third kappa shape index (κ3) is 2.45. The van der Waals surface area contributed by atoms with Crippen LogP contribution in [-0.4, -0.2) is 27.6 Å². The van der Waals surface area contributed by atoms with E-state index >= 15 is 0 Å². The fourth-order valence-electron chi connectivity index (χ4n) is 3.63. The second-order valence-corrected chi connectivity index (χ2v) is 6.15. The van der Waals surface area contributed by atoms with Crippen LogP contribution in [0.2, 0.25) is 0 Å². The van der Waals surface area contributed by atoms with Crippen molar-refractivity contribution in [3.63, 3.8) is 0 Å². The van der Waals surface area contributed by atoms with Gasteiger partial charge >= 0.3 is 0 Å². The Morgan fingerprint density at radius 1 is 1.05 bits per heavy atom. The molecular formula is C16H23N5. The minimum absolute atomic E-state index is 0.345. The van der Waals surface area contributed by atoms with Crippen molar-refractivity contribution in [2.45, 2.75) is 50.7 Å². The van der Waals surface area contributed by atoms with Crippen molar-refractivity contribution in [3.8, 4) is 0 Å². The zero-order chi connectivity index (χ0) is 14.1. The largest absolute Gasteiger partial charge is 0.307 e. The topological polar surface area (TPSA) is 54.8 Å². The van der Waals surface area contributed by atoms with E-state index in [1.165, 1.54) is 44.3 Å². The summed E-state index contributed by atoms with van der Waals surface area (Å²) in [6, 6.07) is 4.43. The second-order valence-electron chi connectivity index (χ2n) is 6.15. The highest BCUT2D eigenvalue weighted by Crippen LogP contribution is 2.30. The molecule has 4 rings (SSSR count). The molecule has 21 heavy (non-hydrogen) atoms. The molecule has 2 fully saturated rings. The molecular weight excluding hydrogens is 262 g/mol. The molecule has 112 valence electrons. The van der Waals surface area contributed by atoms with Gasteiger partial charge in [0.1, 0.15) is 11.3 Å². The van der Waals surface area contributed by atoms with Gasteiger partial charge in [-0.1, -0.05) is 6.42 Å². The number of hydrogen-bond donors (Lipinski definition) is 2. The van der Waals surface area contributed by atoms with E-state index in [1.807, 2.05) is 12.3 Å². The van der Waals surface area contributed by atoms with Crippen LogP contribution in [0.4, 0.5) is 0 Å². The highest BCUT2D eigenvalue weighted by Gasteiger charge is 2.27. The van der Waals surface area contributed by atoms with E-state index in [0.717, 1.165) is 24.3 Å². The third-order valence-electron chi connectivity index (χ3n) is 4.69. The molecule has 0 amide bonds. The van der Waals surface area contributed by atoms with Crippen LogP contribution in [0, 0.1) is 0 Å². The second kappa shape index (κ2) is 5.73. The zero-order valence-electron chi connectivity index (χ0n) is 12.4. The standard InChI is InChI=1S/C16H23N5/c1-3-9-17-12(6-1)16-20-13-7-5-11-19-15(13)21(16)14-8-2-4-10-18-14/h5,7,11-12,14,17-18H,1-4,6,8-10H2.